The van der Waals surface area contributed by atoms with Crippen LogP contribution in [0.25, 0.3) is 10.9 Å². The van der Waals surface area contributed by atoms with Gasteiger partial charge in [-0.05, 0) is 38.0 Å². The minimum Gasteiger partial charge on any atom is -0.328 e. The smallest absolute Gasteiger partial charge is 0.158 e. The van der Waals surface area contributed by atoms with Crippen molar-refractivity contribution in [2.75, 3.05) is 0 Å². The molecule has 0 spiro atoms. The van der Waals surface area contributed by atoms with Gasteiger partial charge in [-0.15, -0.1) is 0 Å². The topological polar surface area (TPSA) is 43.8 Å². The Hall–Kier alpha value is -1.06. The third-order valence-electron chi connectivity index (χ3n) is 2.63. The van der Waals surface area contributed by atoms with Crippen LogP contribution in [0.2, 0.25) is 5.15 Å². The van der Waals surface area contributed by atoms with Crippen molar-refractivity contribution in [2.45, 2.75) is 32.9 Å². The lowest BCUT2D eigenvalue weighted by molar-refractivity contribution is 0.683. The van der Waals surface area contributed by atoms with Gasteiger partial charge in [0.05, 0.1) is 5.52 Å². The molecule has 2 N–H and O–H groups in total. The first-order valence-electron chi connectivity index (χ1n) is 5.52. The van der Waals surface area contributed by atoms with Gasteiger partial charge in [0.15, 0.2) is 5.15 Å². The van der Waals surface area contributed by atoms with Gasteiger partial charge < -0.3 is 5.73 Å². The molecule has 0 radical (unpaired) electrons. The molecule has 1 unspecified atom stereocenters. The average Bonchev–Trinajstić information content (AvgIpc) is 2.54. The fraction of sp³-hybridized carbons (Fsp3) is 0.417. The first-order chi connectivity index (χ1) is 7.61. The summed E-state index contributed by atoms with van der Waals surface area (Å²) in [6.45, 7) is 4.89. The molecule has 3 nitrogen and oxygen atoms in total. The van der Waals surface area contributed by atoms with Crippen LogP contribution in [0.4, 0.5) is 0 Å². The van der Waals surface area contributed by atoms with Crippen LogP contribution < -0.4 is 5.73 Å². The zero-order chi connectivity index (χ0) is 11.7. The van der Waals surface area contributed by atoms with Crippen LogP contribution in [0.1, 0.15) is 19.4 Å². The molecule has 0 bridgehead atoms. The van der Waals surface area contributed by atoms with Crippen molar-refractivity contribution in [3.63, 3.8) is 0 Å². The van der Waals surface area contributed by atoms with E-state index in [0.717, 1.165) is 23.9 Å². The highest BCUT2D eigenvalue weighted by atomic mass is 35.5. The van der Waals surface area contributed by atoms with E-state index in [-0.39, 0.29) is 6.04 Å². The monoisotopic (exact) mass is 237 g/mol. The van der Waals surface area contributed by atoms with Crippen LogP contribution in [0.3, 0.4) is 0 Å². The summed E-state index contributed by atoms with van der Waals surface area (Å²) in [5.41, 5.74) is 8.11. The van der Waals surface area contributed by atoms with Gasteiger partial charge in [-0.1, -0.05) is 17.7 Å². The van der Waals surface area contributed by atoms with E-state index in [2.05, 4.69) is 24.2 Å². The Morgan fingerprint density at radius 1 is 1.50 bits per heavy atom. The Morgan fingerprint density at radius 2 is 2.25 bits per heavy atom. The largest absolute Gasteiger partial charge is 0.328 e. The molecule has 0 saturated heterocycles. The van der Waals surface area contributed by atoms with E-state index in [1.54, 1.807) is 0 Å². The highest BCUT2D eigenvalue weighted by Crippen LogP contribution is 2.24. The predicted octanol–water partition coefficient (Wildman–Crippen LogP) is 2.60. The van der Waals surface area contributed by atoms with Crippen LogP contribution in [0.5, 0.6) is 0 Å². The van der Waals surface area contributed by atoms with Gasteiger partial charge in [0.25, 0.3) is 0 Å². The fourth-order valence-electron chi connectivity index (χ4n) is 1.92. The van der Waals surface area contributed by atoms with Gasteiger partial charge in [-0.25, -0.2) is 0 Å². The van der Waals surface area contributed by atoms with Crippen LogP contribution in [-0.2, 0) is 13.0 Å². The number of nitrogens with two attached hydrogens (primary N) is 1. The molecule has 0 aliphatic carbocycles. The van der Waals surface area contributed by atoms with Crippen molar-refractivity contribution < 1.29 is 0 Å². The molecular formula is C12H16ClN3. The van der Waals surface area contributed by atoms with Crippen molar-refractivity contribution in [1.82, 2.24) is 9.78 Å². The van der Waals surface area contributed by atoms with E-state index in [0.29, 0.717) is 5.15 Å². The van der Waals surface area contributed by atoms with Gasteiger partial charge >= 0.3 is 0 Å². The number of aromatic nitrogens is 2. The Morgan fingerprint density at radius 3 is 2.88 bits per heavy atom. The minimum absolute atomic E-state index is 0.172. The second kappa shape index (κ2) is 4.44. The Labute approximate surface area is 100 Å². The Bertz CT molecular complexity index is 502. The van der Waals surface area contributed by atoms with Crippen molar-refractivity contribution in [1.29, 1.82) is 0 Å². The standard InChI is InChI=1S/C12H16ClN3/c1-3-16-11-7-9(6-8(2)14)4-5-10(11)12(13)15-16/h4-5,7-8H,3,6,14H2,1-2H3. The minimum atomic E-state index is 0.172. The lowest BCUT2D eigenvalue weighted by Crippen LogP contribution is -2.17. The normalized spacial score (nSPS) is 13.2. The third-order valence-corrected chi connectivity index (χ3v) is 2.91. The number of nitrogens with zero attached hydrogens (tertiary/aromatic N) is 2. The molecule has 0 fully saturated rings. The number of hydrogen-bond donors (Lipinski definition) is 1. The summed E-state index contributed by atoms with van der Waals surface area (Å²) >= 11 is 6.06. The predicted molar refractivity (Wildman–Crippen MR) is 67.8 cm³/mol. The third kappa shape index (κ3) is 2.06. The van der Waals surface area contributed by atoms with Crippen LogP contribution in [0, 0.1) is 0 Å². The summed E-state index contributed by atoms with van der Waals surface area (Å²) in [5.74, 6) is 0. The summed E-state index contributed by atoms with van der Waals surface area (Å²) in [4.78, 5) is 0. The number of aryl methyl sites for hydroxylation is 1. The van der Waals surface area contributed by atoms with Gasteiger partial charge in [0, 0.05) is 18.0 Å². The number of fused-ring (bicyclic) bond motifs is 1. The van der Waals surface area contributed by atoms with E-state index in [1.165, 1.54) is 5.56 Å². The van der Waals surface area contributed by atoms with E-state index < -0.39 is 0 Å². The molecule has 0 aliphatic heterocycles. The lowest BCUT2D eigenvalue weighted by Gasteiger charge is -2.06. The molecule has 1 atom stereocenters. The first kappa shape index (κ1) is 11.4. The van der Waals surface area contributed by atoms with Gasteiger partial charge in [-0.2, -0.15) is 5.10 Å². The number of hydrogen-bond acceptors (Lipinski definition) is 2. The number of rotatable bonds is 3. The molecule has 2 rings (SSSR count). The van der Waals surface area contributed by atoms with Crippen molar-refractivity contribution >= 4 is 22.5 Å². The van der Waals surface area contributed by atoms with E-state index in [4.69, 9.17) is 17.3 Å². The molecule has 0 amide bonds. The molecule has 0 saturated carbocycles. The molecule has 16 heavy (non-hydrogen) atoms. The summed E-state index contributed by atoms with van der Waals surface area (Å²) in [6, 6.07) is 6.39. The van der Waals surface area contributed by atoms with E-state index in [1.807, 2.05) is 17.7 Å². The first-order valence-corrected chi connectivity index (χ1v) is 5.90. The fourth-order valence-corrected chi connectivity index (χ4v) is 2.17. The summed E-state index contributed by atoms with van der Waals surface area (Å²) in [6.07, 6.45) is 0.877. The molecule has 4 heteroatoms. The maximum absolute atomic E-state index is 6.06. The Balaban J connectivity index is 2.51. The SMILES string of the molecule is CCn1nc(Cl)c2ccc(CC(C)N)cc21. The average molecular weight is 238 g/mol. The molecule has 1 aromatic carbocycles. The maximum Gasteiger partial charge on any atom is 0.158 e. The van der Waals surface area contributed by atoms with Crippen molar-refractivity contribution in [2.24, 2.45) is 5.73 Å². The molecular weight excluding hydrogens is 222 g/mol. The lowest BCUT2D eigenvalue weighted by atomic mass is 10.1. The Kier molecular flexibility index (Phi) is 3.17. The van der Waals surface area contributed by atoms with Crippen LogP contribution in [0.15, 0.2) is 18.2 Å². The summed E-state index contributed by atoms with van der Waals surface area (Å²) in [7, 11) is 0. The van der Waals surface area contributed by atoms with Gasteiger partial charge in [0.1, 0.15) is 0 Å². The molecule has 1 heterocycles. The number of benzene rings is 1. The molecule has 1 aromatic heterocycles. The quantitative estimate of drug-likeness (QED) is 0.892. The highest BCUT2D eigenvalue weighted by Gasteiger charge is 2.08. The van der Waals surface area contributed by atoms with Crippen LogP contribution in [-0.4, -0.2) is 15.8 Å². The van der Waals surface area contributed by atoms with E-state index in [9.17, 15) is 0 Å². The van der Waals surface area contributed by atoms with Gasteiger partial charge in [0.2, 0.25) is 0 Å². The highest BCUT2D eigenvalue weighted by molar-refractivity contribution is 6.34. The summed E-state index contributed by atoms with van der Waals surface area (Å²) < 4.78 is 1.92. The molecule has 2 aromatic rings. The van der Waals surface area contributed by atoms with Gasteiger partial charge in [-0.3, -0.25) is 4.68 Å². The zero-order valence-corrected chi connectivity index (χ0v) is 10.3. The van der Waals surface area contributed by atoms with Crippen molar-refractivity contribution in [3.8, 4) is 0 Å². The number of halogens is 1. The maximum atomic E-state index is 6.06. The van der Waals surface area contributed by atoms with Crippen molar-refractivity contribution in [3.05, 3.63) is 28.9 Å². The van der Waals surface area contributed by atoms with E-state index >= 15 is 0 Å². The second-order valence-corrected chi connectivity index (χ2v) is 4.50. The molecule has 86 valence electrons. The molecule has 0 aliphatic rings. The second-order valence-electron chi connectivity index (χ2n) is 4.14. The van der Waals surface area contributed by atoms with Crippen LogP contribution >= 0.6 is 11.6 Å². The summed E-state index contributed by atoms with van der Waals surface area (Å²) in [5, 5.41) is 5.86. The zero-order valence-electron chi connectivity index (χ0n) is 9.57.